The van der Waals surface area contributed by atoms with Crippen LogP contribution in [0.1, 0.15) is 25.5 Å². The fraction of sp³-hybridized carbons (Fsp3) is 0.200. The summed E-state index contributed by atoms with van der Waals surface area (Å²) in [6.45, 7) is 2.08. The highest BCUT2D eigenvalue weighted by Crippen LogP contribution is 2.49. The van der Waals surface area contributed by atoms with Gasteiger partial charge >= 0.3 is 0 Å². The molecule has 0 unspecified atom stereocenters. The Morgan fingerprint density at radius 3 is 2.83 bits per heavy atom. The van der Waals surface area contributed by atoms with Gasteiger partial charge < -0.3 is 10.3 Å². The van der Waals surface area contributed by atoms with E-state index in [-0.39, 0.29) is 22.1 Å². The van der Waals surface area contributed by atoms with Gasteiger partial charge in [-0.15, -0.1) is 0 Å². The monoisotopic (exact) mass is 410 g/mol. The van der Waals surface area contributed by atoms with Crippen LogP contribution in [0, 0.1) is 5.82 Å². The molecule has 1 saturated carbocycles. The lowest BCUT2D eigenvalue weighted by molar-refractivity contribution is 0.631. The maximum Gasteiger partial charge on any atom is 0.256 e. The molecule has 0 saturated heterocycles. The van der Waals surface area contributed by atoms with E-state index in [1.807, 2.05) is 0 Å². The molecule has 0 aliphatic heterocycles. The maximum absolute atomic E-state index is 14.4. The Labute approximate surface area is 169 Å². The molecule has 0 spiro atoms. The van der Waals surface area contributed by atoms with Gasteiger partial charge in [-0.05, 0) is 37.1 Å². The zero-order valence-corrected chi connectivity index (χ0v) is 16.1. The van der Waals surface area contributed by atoms with Crippen LogP contribution in [-0.4, -0.2) is 25.1 Å². The fourth-order valence-electron chi connectivity index (χ4n) is 3.44. The summed E-state index contributed by atoms with van der Waals surface area (Å²) in [5.74, 6) is 0.0225. The van der Waals surface area contributed by atoms with E-state index in [4.69, 9.17) is 11.6 Å². The lowest BCUT2D eigenvalue weighted by Gasteiger charge is -2.18. The molecule has 3 heterocycles. The summed E-state index contributed by atoms with van der Waals surface area (Å²) < 4.78 is 14.4. The van der Waals surface area contributed by atoms with Crippen molar-refractivity contribution in [1.29, 1.82) is 0 Å². The Kier molecular flexibility index (Phi) is 3.92. The van der Waals surface area contributed by atoms with Gasteiger partial charge in [-0.2, -0.15) is 5.10 Å². The molecule has 4 aromatic rings. The molecule has 7 nitrogen and oxygen atoms in total. The van der Waals surface area contributed by atoms with Crippen molar-refractivity contribution in [1.82, 2.24) is 25.1 Å². The first-order valence-corrected chi connectivity index (χ1v) is 9.47. The number of fused-ring (bicyclic) bond motifs is 1. The van der Waals surface area contributed by atoms with Crippen molar-refractivity contribution >= 4 is 34.1 Å². The van der Waals surface area contributed by atoms with E-state index in [1.54, 1.807) is 12.3 Å². The quantitative estimate of drug-likeness (QED) is 0.466. The van der Waals surface area contributed by atoms with Crippen molar-refractivity contribution in [3.63, 3.8) is 0 Å². The SMILES string of the molecule is CC1(c2[nH]c(=O)c(-c3cc(Cl)ccc3F)cc2Nc2ncnc3[nH]ncc23)CC1. The average Bonchev–Trinajstić information content (AvgIpc) is 3.25. The highest BCUT2D eigenvalue weighted by Gasteiger charge is 2.42. The lowest BCUT2D eigenvalue weighted by Crippen LogP contribution is -2.19. The zero-order valence-electron chi connectivity index (χ0n) is 15.4. The molecule has 1 fully saturated rings. The molecule has 1 aromatic carbocycles. The summed E-state index contributed by atoms with van der Waals surface area (Å²) in [5, 5.41) is 11.1. The molecule has 9 heteroatoms. The van der Waals surface area contributed by atoms with Crippen LogP contribution in [0.4, 0.5) is 15.9 Å². The van der Waals surface area contributed by atoms with Gasteiger partial charge in [0.1, 0.15) is 18.0 Å². The first-order valence-electron chi connectivity index (χ1n) is 9.09. The molecule has 0 amide bonds. The standard InChI is InChI=1S/C20H16ClFN6O/c1-20(4-5-20)16-15(26-17-13-8-25-28-18(13)24-9-23-17)7-12(19(29)27-16)11-6-10(21)2-3-14(11)22/h2-3,6-9H,4-5H2,1H3,(H,27,29)(H2,23,24,25,26,28). The summed E-state index contributed by atoms with van der Waals surface area (Å²) >= 11 is 6.03. The number of nitrogens with one attached hydrogen (secondary N) is 3. The average molecular weight is 411 g/mol. The minimum Gasteiger partial charge on any atom is -0.338 e. The third-order valence-corrected chi connectivity index (χ3v) is 5.60. The number of benzene rings is 1. The van der Waals surface area contributed by atoms with Gasteiger partial charge in [0.05, 0.1) is 22.8 Å². The van der Waals surface area contributed by atoms with E-state index >= 15 is 0 Å². The second-order valence-electron chi connectivity index (χ2n) is 7.47. The van der Waals surface area contributed by atoms with Gasteiger partial charge in [-0.3, -0.25) is 9.89 Å². The number of pyridine rings is 1. The smallest absolute Gasteiger partial charge is 0.256 e. The van der Waals surface area contributed by atoms with E-state index in [2.05, 4.69) is 37.4 Å². The predicted octanol–water partition coefficient (Wildman–Crippen LogP) is 4.30. The normalized spacial score (nSPS) is 14.9. The maximum atomic E-state index is 14.4. The molecular weight excluding hydrogens is 395 g/mol. The number of aromatic nitrogens is 5. The number of halogens is 2. The Morgan fingerprint density at radius 2 is 2.03 bits per heavy atom. The molecule has 0 radical (unpaired) electrons. The minimum atomic E-state index is -0.518. The number of nitrogens with zero attached hydrogens (tertiary/aromatic N) is 3. The second kappa shape index (κ2) is 6.38. The van der Waals surface area contributed by atoms with Gasteiger partial charge in [0.15, 0.2) is 5.65 Å². The summed E-state index contributed by atoms with van der Waals surface area (Å²) in [5.41, 5.74) is 1.84. The van der Waals surface area contributed by atoms with Crippen molar-refractivity contribution in [2.24, 2.45) is 0 Å². The largest absolute Gasteiger partial charge is 0.338 e. The van der Waals surface area contributed by atoms with Crippen LogP contribution < -0.4 is 10.9 Å². The molecule has 1 aliphatic carbocycles. The van der Waals surface area contributed by atoms with Crippen LogP contribution in [-0.2, 0) is 5.41 Å². The summed E-state index contributed by atoms with van der Waals surface area (Å²) in [4.78, 5) is 24.2. The van der Waals surface area contributed by atoms with E-state index in [0.29, 0.717) is 27.6 Å². The van der Waals surface area contributed by atoms with Crippen LogP contribution >= 0.6 is 11.6 Å². The van der Waals surface area contributed by atoms with Crippen LogP contribution in [0.3, 0.4) is 0 Å². The molecule has 146 valence electrons. The lowest BCUT2D eigenvalue weighted by atomic mass is 9.99. The Balaban J connectivity index is 1.70. The van der Waals surface area contributed by atoms with Gasteiger partial charge in [0.25, 0.3) is 5.56 Å². The van der Waals surface area contributed by atoms with Crippen LogP contribution in [0.15, 0.2) is 41.6 Å². The molecule has 0 atom stereocenters. The van der Waals surface area contributed by atoms with Crippen LogP contribution in [0.2, 0.25) is 5.02 Å². The highest BCUT2D eigenvalue weighted by atomic mass is 35.5. The van der Waals surface area contributed by atoms with Crippen LogP contribution in [0.25, 0.3) is 22.2 Å². The van der Waals surface area contributed by atoms with E-state index in [9.17, 15) is 9.18 Å². The van der Waals surface area contributed by atoms with Crippen molar-refractivity contribution in [2.75, 3.05) is 5.32 Å². The third-order valence-electron chi connectivity index (χ3n) is 5.36. The first-order chi connectivity index (χ1) is 13.9. The summed E-state index contributed by atoms with van der Waals surface area (Å²) in [6, 6.07) is 5.80. The minimum absolute atomic E-state index is 0.143. The zero-order chi connectivity index (χ0) is 20.2. The number of hydrogen-bond acceptors (Lipinski definition) is 5. The van der Waals surface area contributed by atoms with Crippen molar-refractivity contribution < 1.29 is 4.39 Å². The Hall–Kier alpha value is -3.26. The molecule has 1 aliphatic rings. The summed E-state index contributed by atoms with van der Waals surface area (Å²) in [7, 11) is 0. The molecule has 29 heavy (non-hydrogen) atoms. The molecule has 0 bridgehead atoms. The van der Waals surface area contributed by atoms with E-state index in [1.165, 1.54) is 24.5 Å². The van der Waals surface area contributed by atoms with Gasteiger partial charge in [0.2, 0.25) is 0 Å². The number of H-pyrrole nitrogens is 2. The molecule has 3 aromatic heterocycles. The van der Waals surface area contributed by atoms with Gasteiger partial charge in [0, 0.05) is 21.7 Å². The molecule has 3 N–H and O–H groups in total. The number of anilines is 2. The predicted molar refractivity (Wildman–Crippen MR) is 109 cm³/mol. The second-order valence-corrected chi connectivity index (χ2v) is 7.90. The number of aromatic amines is 2. The summed E-state index contributed by atoms with van der Waals surface area (Å²) in [6.07, 6.45) is 4.95. The third kappa shape index (κ3) is 3.05. The van der Waals surface area contributed by atoms with Gasteiger partial charge in [-0.25, -0.2) is 14.4 Å². The Morgan fingerprint density at radius 1 is 1.21 bits per heavy atom. The topological polar surface area (TPSA) is 99.4 Å². The Bertz CT molecular complexity index is 1310. The van der Waals surface area contributed by atoms with Crippen molar-refractivity contribution in [3.8, 4) is 11.1 Å². The first kappa shape index (κ1) is 17.8. The van der Waals surface area contributed by atoms with E-state index < -0.39 is 5.82 Å². The van der Waals surface area contributed by atoms with Crippen molar-refractivity contribution in [3.05, 3.63) is 63.7 Å². The van der Waals surface area contributed by atoms with Crippen molar-refractivity contribution in [2.45, 2.75) is 25.2 Å². The van der Waals surface area contributed by atoms with E-state index in [0.717, 1.165) is 18.5 Å². The van der Waals surface area contributed by atoms with Crippen LogP contribution in [0.5, 0.6) is 0 Å². The highest BCUT2D eigenvalue weighted by molar-refractivity contribution is 6.30. The number of hydrogen-bond donors (Lipinski definition) is 3. The number of rotatable bonds is 4. The van der Waals surface area contributed by atoms with Gasteiger partial charge in [-0.1, -0.05) is 18.5 Å². The molecular formula is C20H16ClFN6O. The fourth-order valence-corrected chi connectivity index (χ4v) is 3.61. The molecule has 5 rings (SSSR count).